The quantitative estimate of drug-likeness (QED) is 0.815. The molecule has 0 heterocycles. The highest BCUT2D eigenvalue weighted by Gasteiger charge is 2.39. The number of hydrogen-bond acceptors (Lipinski definition) is 3. The maximum absolute atomic E-state index is 13.4. The van der Waals surface area contributed by atoms with E-state index in [0.29, 0.717) is 23.3 Å². The molecule has 0 aromatic heterocycles. The van der Waals surface area contributed by atoms with E-state index in [0.717, 1.165) is 19.3 Å². The summed E-state index contributed by atoms with van der Waals surface area (Å²) in [6, 6.07) is 4.16. The molecule has 1 aromatic carbocycles. The third-order valence-corrected chi connectivity index (χ3v) is 5.02. The maximum Gasteiger partial charge on any atom is 0.311 e. The van der Waals surface area contributed by atoms with Gasteiger partial charge in [0, 0.05) is 17.0 Å². The Labute approximate surface area is 133 Å². The van der Waals surface area contributed by atoms with Crippen molar-refractivity contribution in [2.45, 2.75) is 37.0 Å². The van der Waals surface area contributed by atoms with Crippen LogP contribution < -0.4 is 5.32 Å². The topological polar surface area (TPSA) is 66.4 Å². The predicted octanol–water partition coefficient (Wildman–Crippen LogP) is 3.31. The number of aliphatic carboxylic acids is 1. The average molecular weight is 325 g/mol. The van der Waals surface area contributed by atoms with E-state index in [1.165, 1.54) is 30.0 Å². The molecule has 4 nitrogen and oxygen atoms in total. The van der Waals surface area contributed by atoms with E-state index in [-0.39, 0.29) is 18.3 Å². The van der Waals surface area contributed by atoms with Crippen molar-refractivity contribution in [2.24, 2.45) is 5.41 Å². The summed E-state index contributed by atoms with van der Waals surface area (Å²) < 4.78 is 13.4. The number of nitrogens with one attached hydrogen (secondary N) is 1. The van der Waals surface area contributed by atoms with Crippen LogP contribution in [0.1, 0.15) is 42.5 Å². The highest BCUT2D eigenvalue weighted by Crippen LogP contribution is 2.36. The van der Waals surface area contributed by atoms with Gasteiger partial charge in [-0.1, -0.05) is 19.3 Å². The fraction of sp³-hybridized carbons (Fsp3) is 0.500. The Morgan fingerprint density at radius 2 is 2.00 bits per heavy atom. The third kappa shape index (κ3) is 3.61. The van der Waals surface area contributed by atoms with Crippen molar-refractivity contribution in [3.63, 3.8) is 0 Å². The van der Waals surface area contributed by atoms with Gasteiger partial charge in [0.05, 0.1) is 5.41 Å². The number of carboxylic acids is 1. The Kier molecular flexibility index (Phi) is 5.45. The van der Waals surface area contributed by atoms with Crippen LogP contribution in [-0.4, -0.2) is 29.8 Å². The van der Waals surface area contributed by atoms with Gasteiger partial charge in [0.15, 0.2) is 0 Å². The van der Waals surface area contributed by atoms with E-state index in [9.17, 15) is 19.1 Å². The number of hydrogen-bond donors (Lipinski definition) is 2. The van der Waals surface area contributed by atoms with Crippen molar-refractivity contribution in [3.05, 3.63) is 29.6 Å². The molecule has 6 heteroatoms. The van der Waals surface area contributed by atoms with Crippen molar-refractivity contribution < 1.29 is 19.1 Å². The molecule has 1 aromatic rings. The molecule has 0 bridgehead atoms. The molecule has 0 aliphatic heterocycles. The molecule has 1 amide bonds. The summed E-state index contributed by atoms with van der Waals surface area (Å²) in [7, 11) is 0. The Morgan fingerprint density at radius 3 is 2.59 bits per heavy atom. The van der Waals surface area contributed by atoms with Gasteiger partial charge in [-0.3, -0.25) is 9.59 Å². The fourth-order valence-electron chi connectivity index (χ4n) is 2.85. The Hall–Kier alpha value is -1.56. The maximum atomic E-state index is 13.4. The lowest BCUT2D eigenvalue weighted by atomic mass is 9.74. The highest BCUT2D eigenvalue weighted by atomic mass is 32.2. The van der Waals surface area contributed by atoms with Gasteiger partial charge in [0.2, 0.25) is 0 Å². The molecule has 1 saturated carbocycles. The normalized spacial score (nSPS) is 17.0. The van der Waals surface area contributed by atoms with E-state index >= 15 is 0 Å². The van der Waals surface area contributed by atoms with Crippen molar-refractivity contribution >= 4 is 23.6 Å². The number of carbonyl (C=O) groups excluding carboxylic acids is 1. The lowest BCUT2D eigenvalue weighted by molar-refractivity contribution is -0.150. The second-order valence-corrected chi connectivity index (χ2v) is 6.53. The van der Waals surface area contributed by atoms with Gasteiger partial charge < -0.3 is 10.4 Å². The van der Waals surface area contributed by atoms with Crippen LogP contribution in [0.4, 0.5) is 4.39 Å². The summed E-state index contributed by atoms with van der Waals surface area (Å²) in [6.45, 7) is 0.118. The predicted molar refractivity (Wildman–Crippen MR) is 83.7 cm³/mol. The zero-order chi connectivity index (χ0) is 16.2. The number of halogens is 1. The minimum Gasteiger partial charge on any atom is -0.481 e. The van der Waals surface area contributed by atoms with Crippen LogP contribution in [0, 0.1) is 11.2 Å². The van der Waals surface area contributed by atoms with Crippen LogP contribution >= 0.6 is 11.8 Å². The molecule has 22 heavy (non-hydrogen) atoms. The standard InChI is InChI=1S/C16H20FNO3S/c1-22-13-9-11(5-6-12(13)17)14(19)18-10-16(15(20)21)7-3-2-4-8-16/h5-6,9H,2-4,7-8,10H2,1H3,(H,18,19)(H,20,21). The number of carbonyl (C=O) groups is 2. The lowest BCUT2D eigenvalue weighted by Crippen LogP contribution is -2.44. The molecule has 0 atom stereocenters. The van der Waals surface area contributed by atoms with Gasteiger partial charge >= 0.3 is 5.97 Å². The van der Waals surface area contributed by atoms with Gasteiger partial charge in [-0.2, -0.15) is 0 Å². The first-order valence-corrected chi connectivity index (χ1v) is 8.56. The van der Waals surface area contributed by atoms with Crippen LogP contribution in [0.2, 0.25) is 0 Å². The summed E-state index contributed by atoms with van der Waals surface area (Å²) in [5.41, 5.74) is -0.516. The van der Waals surface area contributed by atoms with Gasteiger partial charge in [0.1, 0.15) is 5.82 Å². The number of benzene rings is 1. The summed E-state index contributed by atoms with van der Waals surface area (Å²) in [5, 5.41) is 12.2. The molecule has 0 saturated heterocycles. The smallest absolute Gasteiger partial charge is 0.311 e. The molecule has 0 unspecified atom stereocenters. The molecule has 0 spiro atoms. The highest BCUT2D eigenvalue weighted by molar-refractivity contribution is 7.98. The van der Waals surface area contributed by atoms with E-state index < -0.39 is 11.4 Å². The molecule has 120 valence electrons. The largest absolute Gasteiger partial charge is 0.481 e. The Morgan fingerprint density at radius 1 is 1.32 bits per heavy atom. The minimum absolute atomic E-state index is 0.118. The Bertz CT molecular complexity index is 571. The van der Waals surface area contributed by atoms with Crippen LogP contribution in [0.5, 0.6) is 0 Å². The molecular weight excluding hydrogens is 305 g/mol. The molecule has 1 aliphatic rings. The number of carboxylic acid groups (broad SMARTS) is 1. The van der Waals surface area contributed by atoms with E-state index in [4.69, 9.17) is 0 Å². The molecule has 2 rings (SSSR count). The van der Waals surface area contributed by atoms with E-state index in [2.05, 4.69) is 5.32 Å². The zero-order valence-electron chi connectivity index (χ0n) is 12.5. The van der Waals surface area contributed by atoms with Crippen molar-refractivity contribution in [3.8, 4) is 0 Å². The second-order valence-electron chi connectivity index (χ2n) is 5.68. The summed E-state index contributed by atoms with van der Waals surface area (Å²) in [6.07, 6.45) is 5.69. The molecule has 0 radical (unpaired) electrons. The average Bonchev–Trinajstić information content (AvgIpc) is 2.53. The van der Waals surface area contributed by atoms with Gasteiger partial charge in [-0.25, -0.2) is 4.39 Å². The first-order chi connectivity index (χ1) is 10.5. The fourth-order valence-corrected chi connectivity index (χ4v) is 3.36. The van der Waals surface area contributed by atoms with Crippen molar-refractivity contribution in [2.75, 3.05) is 12.8 Å². The number of thioether (sulfide) groups is 1. The summed E-state index contributed by atoms with van der Waals surface area (Å²) in [5.74, 6) is -1.57. The van der Waals surface area contributed by atoms with Crippen molar-refractivity contribution in [1.82, 2.24) is 5.32 Å². The van der Waals surface area contributed by atoms with Crippen LogP contribution in [0.25, 0.3) is 0 Å². The second kappa shape index (κ2) is 7.13. The zero-order valence-corrected chi connectivity index (χ0v) is 13.3. The first kappa shape index (κ1) is 16.8. The van der Waals surface area contributed by atoms with Gasteiger partial charge in [-0.05, 0) is 37.3 Å². The number of amides is 1. The third-order valence-electron chi connectivity index (χ3n) is 4.26. The van der Waals surface area contributed by atoms with Gasteiger partial charge in [-0.15, -0.1) is 11.8 Å². The minimum atomic E-state index is -0.865. The molecule has 1 aliphatic carbocycles. The van der Waals surface area contributed by atoms with Crippen LogP contribution in [0.15, 0.2) is 23.1 Å². The molecular formula is C16H20FNO3S. The van der Waals surface area contributed by atoms with E-state index in [1.54, 1.807) is 6.26 Å². The first-order valence-electron chi connectivity index (χ1n) is 7.34. The van der Waals surface area contributed by atoms with Gasteiger partial charge in [0.25, 0.3) is 5.91 Å². The summed E-state index contributed by atoms with van der Waals surface area (Å²) in [4.78, 5) is 24.2. The van der Waals surface area contributed by atoms with E-state index in [1.807, 2.05) is 0 Å². The monoisotopic (exact) mass is 325 g/mol. The SMILES string of the molecule is CSc1cc(C(=O)NCC2(C(=O)O)CCCCC2)ccc1F. The lowest BCUT2D eigenvalue weighted by Gasteiger charge is -2.33. The molecule has 1 fully saturated rings. The van der Waals surface area contributed by atoms with Crippen molar-refractivity contribution in [1.29, 1.82) is 0 Å². The van der Waals surface area contributed by atoms with Crippen LogP contribution in [0.3, 0.4) is 0 Å². The van der Waals surface area contributed by atoms with Crippen LogP contribution in [-0.2, 0) is 4.79 Å². The Balaban J connectivity index is 2.06. The summed E-state index contributed by atoms with van der Waals surface area (Å²) >= 11 is 1.23. The molecule has 2 N–H and O–H groups in total. The number of rotatable bonds is 5.